The number of anilines is 1. The van der Waals surface area contributed by atoms with Crippen LogP contribution in [-0.4, -0.2) is 10.9 Å². The first-order chi connectivity index (χ1) is 8.66. The Bertz CT molecular complexity index is 552. The summed E-state index contributed by atoms with van der Waals surface area (Å²) >= 11 is 0. The van der Waals surface area contributed by atoms with Crippen LogP contribution in [0.3, 0.4) is 0 Å². The van der Waals surface area contributed by atoms with E-state index in [2.05, 4.69) is 4.98 Å². The number of carbonyl (C=O) groups is 1. The number of hydrogen-bond acceptors (Lipinski definition) is 4. The molecular formula is C13H13N3O2. The van der Waals surface area contributed by atoms with Crippen LogP contribution in [0.2, 0.25) is 0 Å². The fourth-order valence-corrected chi connectivity index (χ4v) is 1.48. The van der Waals surface area contributed by atoms with Gasteiger partial charge in [-0.1, -0.05) is 18.2 Å². The van der Waals surface area contributed by atoms with Crippen molar-refractivity contribution in [3.63, 3.8) is 0 Å². The zero-order chi connectivity index (χ0) is 13.0. The van der Waals surface area contributed by atoms with E-state index in [1.165, 1.54) is 0 Å². The Balaban J connectivity index is 2.10. The highest BCUT2D eigenvalue weighted by Gasteiger charge is 2.08. The monoisotopic (exact) mass is 243 g/mol. The number of pyridine rings is 1. The largest absolute Gasteiger partial charge is 0.488 e. The van der Waals surface area contributed by atoms with Crippen LogP contribution in [0, 0.1) is 0 Å². The summed E-state index contributed by atoms with van der Waals surface area (Å²) in [4.78, 5) is 15.1. The van der Waals surface area contributed by atoms with Crippen LogP contribution in [0.25, 0.3) is 0 Å². The summed E-state index contributed by atoms with van der Waals surface area (Å²) in [5.74, 6) is 0.402. The number of benzene rings is 1. The molecule has 0 saturated carbocycles. The van der Waals surface area contributed by atoms with Crippen molar-refractivity contribution in [1.29, 1.82) is 0 Å². The molecule has 1 amide bonds. The zero-order valence-electron chi connectivity index (χ0n) is 9.67. The summed E-state index contributed by atoms with van der Waals surface area (Å²) in [5.41, 5.74) is 12.0. The lowest BCUT2D eigenvalue weighted by Crippen LogP contribution is -2.12. The first-order valence-electron chi connectivity index (χ1n) is 5.39. The molecule has 0 unspecified atom stereocenters. The molecule has 0 bridgehead atoms. The fraction of sp³-hybridized carbons (Fsp3) is 0.0769. The van der Waals surface area contributed by atoms with Gasteiger partial charge in [-0.2, -0.15) is 0 Å². The molecule has 0 fully saturated rings. The van der Waals surface area contributed by atoms with Gasteiger partial charge in [0.2, 0.25) is 0 Å². The second kappa shape index (κ2) is 5.18. The molecule has 0 spiro atoms. The molecule has 1 aromatic heterocycles. The summed E-state index contributed by atoms with van der Waals surface area (Å²) in [6.07, 6.45) is 1.63. The minimum Gasteiger partial charge on any atom is -0.488 e. The highest BCUT2D eigenvalue weighted by Crippen LogP contribution is 2.18. The average molecular weight is 243 g/mol. The van der Waals surface area contributed by atoms with E-state index < -0.39 is 5.91 Å². The van der Waals surface area contributed by atoms with Crippen molar-refractivity contribution < 1.29 is 9.53 Å². The fourth-order valence-electron chi connectivity index (χ4n) is 1.48. The van der Waals surface area contributed by atoms with Crippen molar-refractivity contribution >= 4 is 11.7 Å². The highest BCUT2D eigenvalue weighted by molar-refractivity contribution is 5.95. The number of carbonyl (C=O) groups excluding carboxylic acids is 1. The van der Waals surface area contributed by atoms with Crippen molar-refractivity contribution in [2.24, 2.45) is 5.73 Å². The molecule has 0 radical (unpaired) electrons. The van der Waals surface area contributed by atoms with Gasteiger partial charge in [-0.15, -0.1) is 0 Å². The van der Waals surface area contributed by atoms with Crippen molar-refractivity contribution in [2.45, 2.75) is 6.61 Å². The third kappa shape index (κ3) is 2.76. The summed E-state index contributed by atoms with van der Waals surface area (Å²) in [7, 11) is 0. The molecule has 1 aromatic carbocycles. The maximum Gasteiger partial charge on any atom is 0.252 e. The number of nitrogen functional groups attached to an aromatic ring is 1. The number of ether oxygens (including phenoxy) is 1. The summed E-state index contributed by atoms with van der Waals surface area (Å²) in [5, 5.41) is 0. The minimum atomic E-state index is -0.513. The number of nitrogens with two attached hydrogens (primary N) is 2. The molecule has 5 heteroatoms. The van der Waals surface area contributed by atoms with Gasteiger partial charge >= 0.3 is 0 Å². The Morgan fingerprint density at radius 1 is 1.22 bits per heavy atom. The number of aromatic nitrogens is 1. The molecule has 2 rings (SSSR count). The molecular weight excluding hydrogens is 230 g/mol. The molecule has 4 N–H and O–H groups in total. The van der Waals surface area contributed by atoms with Crippen LogP contribution in [0.5, 0.6) is 5.75 Å². The van der Waals surface area contributed by atoms with E-state index in [4.69, 9.17) is 16.2 Å². The third-order valence-electron chi connectivity index (χ3n) is 2.39. The minimum absolute atomic E-state index is 0.303. The number of para-hydroxylation sites is 1. The number of rotatable bonds is 4. The van der Waals surface area contributed by atoms with Gasteiger partial charge < -0.3 is 16.2 Å². The van der Waals surface area contributed by atoms with Gasteiger partial charge in [0.15, 0.2) is 0 Å². The predicted octanol–water partition coefficient (Wildman–Crippen LogP) is 1.34. The summed E-state index contributed by atoms with van der Waals surface area (Å²) in [6, 6.07) is 10.3. The van der Waals surface area contributed by atoms with Crippen LogP contribution in [-0.2, 0) is 6.61 Å². The molecule has 2 aromatic rings. The summed E-state index contributed by atoms with van der Waals surface area (Å²) < 4.78 is 5.54. The van der Waals surface area contributed by atoms with Crippen molar-refractivity contribution in [3.8, 4) is 5.75 Å². The van der Waals surface area contributed by atoms with E-state index >= 15 is 0 Å². The zero-order valence-corrected chi connectivity index (χ0v) is 9.67. The number of primary amides is 1. The Morgan fingerprint density at radius 3 is 2.67 bits per heavy atom. The Labute approximate surface area is 104 Å². The lowest BCUT2D eigenvalue weighted by Gasteiger charge is -2.09. The molecule has 0 saturated heterocycles. The molecule has 92 valence electrons. The van der Waals surface area contributed by atoms with E-state index in [-0.39, 0.29) is 0 Å². The van der Waals surface area contributed by atoms with E-state index in [9.17, 15) is 4.79 Å². The molecule has 0 aliphatic rings. The van der Waals surface area contributed by atoms with E-state index in [0.29, 0.717) is 23.7 Å². The lowest BCUT2D eigenvalue weighted by atomic mass is 10.2. The van der Waals surface area contributed by atoms with E-state index in [0.717, 1.165) is 5.56 Å². The quantitative estimate of drug-likeness (QED) is 0.847. The highest BCUT2D eigenvalue weighted by atomic mass is 16.5. The molecule has 1 heterocycles. The predicted molar refractivity (Wildman–Crippen MR) is 67.9 cm³/mol. The maximum absolute atomic E-state index is 11.2. The molecule has 18 heavy (non-hydrogen) atoms. The van der Waals surface area contributed by atoms with Gasteiger partial charge in [0.1, 0.15) is 18.2 Å². The number of amides is 1. The smallest absolute Gasteiger partial charge is 0.252 e. The lowest BCUT2D eigenvalue weighted by molar-refractivity contribution is 0.0996. The number of hydrogen-bond donors (Lipinski definition) is 2. The SMILES string of the molecule is NC(=O)c1ccccc1OCc1ccc(N)nc1. The Kier molecular flexibility index (Phi) is 3.43. The maximum atomic E-state index is 11.2. The number of nitrogens with zero attached hydrogens (tertiary/aromatic N) is 1. The van der Waals surface area contributed by atoms with Gasteiger partial charge in [-0.3, -0.25) is 4.79 Å². The van der Waals surface area contributed by atoms with Gasteiger partial charge in [0.05, 0.1) is 5.56 Å². The van der Waals surface area contributed by atoms with Crippen LogP contribution < -0.4 is 16.2 Å². The van der Waals surface area contributed by atoms with Crippen LogP contribution >= 0.6 is 0 Å². The topological polar surface area (TPSA) is 91.2 Å². The third-order valence-corrected chi connectivity index (χ3v) is 2.39. The first-order valence-corrected chi connectivity index (χ1v) is 5.39. The molecule has 5 nitrogen and oxygen atoms in total. The molecule has 0 atom stereocenters. The van der Waals surface area contributed by atoms with Crippen LogP contribution in [0.4, 0.5) is 5.82 Å². The average Bonchev–Trinajstić information content (AvgIpc) is 2.38. The summed E-state index contributed by atoms with van der Waals surface area (Å²) in [6.45, 7) is 0.303. The van der Waals surface area contributed by atoms with Gasteiger partial charge in [0, 0.05) is 11.8 Å². The van der Waals surface area contributed by atoms with Gasteiger partial charge in [0.25, 0.3) is 5.91 Å². The van der Waals surface area contributed by atoms with Crippen molar-refractivity contribution in [2.75, 3.05) is 5.73 Å². The Morgan fingerprint density at radius 2 is 2.00 bits per heavy atom. The van der Waals surface area contributed by atoms with Crippen molar-refractivity contribution in [3.05, 3.63) is 53.7 Å². The van der Waals surface area contributed by atoms with Crippen molar-refractivity contribution in [1.82, 2.24) is 4.98 Å². The standard InChI is InChI=1S/C13H13N3O2/c14-12-6-5-9(7-16-12)8-18-11-4-2-1-3-10(11)13(15)17/h1-7H,8H2,(H2,14,16)(H2,15,17). The van der Waals surface area contributed by atoms with Gasteiger partial charge in [-0.25, -0.2) is 4.98 Å². The van der Waals surface area contributed by atoms with E-state index in [1.807, 2.05) is 6.07 Å². The Hall–Kier alpha value is -2.56. The second-order valence-electron chi connectivity index (χ2n) is 3.74. The van der Waals surface area contributed by atoms with E-state index in [1.54, 1.807) is 36.5 Å². The van der Waals surface area contributed by atoms with Crippen LogP contribution in [0.15, 0.2) is 42.6 Å². The second-order valence-corrected chi connectivity index (χ2v) is 3.74. The molecule has 0 aliphatic carbocycles. The van der Waals surface area contributed by atoms with Crippen LogP contribution in [0.1, 0.15) is 15.9 Å². The van der Waals surface area contributed by atoms with Gasteiger partial charge in [-0.05, 0) is 18.2 Å². The first kappa shape index (κ1) is 11.9. The normalized spacial score (nSPS) is 10.0. The molecule has 0 aliphatic heterocycles.